The number of nitrogens with zero attached hydrogens (tertiary/aromatic N) is 2. The first-order valence-corrected chi connectivity index (χ1v) is 9.88. The number of aromatic nitrogens is 2. The summed E-state index contributed by atoms with van der Waals surface area (Å²) < 4.78 is 10.9. The van der Waals surface area contributed by atoms with Crippen molar-refractivity contribution in [3.8, 4) is 17.6 Å². The molecule has 0 unspecified atom stereocenters. The van der Waals surface area contributed by atoms with Crippen molar-refractivity contribution in [2.24, 2.45) is 0 Å². The standard InChI is InChI=1S/C25H20N4O3/c1-31-21-6-4-5-19(14-21)27-25(30)18(15-26)13-17-9-11-20(12-10-17)32-16-24-28-22-7-2-3-8-23(22)29-24/h2-14H,16H2,1H3,(H,27,30)(H,28,29)/b18-13+. The Balaban J connectivity index is 1.40. The van der Waals surface area contributed by atoms with Crippen molar-refractivity contribution < 1.29 is 14.3 Å². The van der Waals surface area contributed by atoms with Gasteiger partial charge in [-0.1, -0.05) is 30.3 Å². The number of nitriles is 1. The molecule has 4 aromatic rings. The molecule has 0 saturated heterocycles. The van der Waals surface area contributed by atoms with E-state index in [0.29, 0.717) is 29.4 Å². The van der Waals surface area contributed by atoms with Crippen LogP contribution in [0.25, 0.3) is 17.1 Å². The number of imidazole rings is 1. The number of amides is 1. The molecule has 0 atom stereocenters. The molecule has 0 saturated carbocycles. The van der Waals surface area contributed by atoms with Crippen molar-refractivity contribution in [3.05, 3.63) is 89.8 Å². The Morgan fingerprint density at radius 3 is 2.66 bits per heavy atom. The average Bonchev–Trinajstić information content (AvgIpc) is 3.25. The summed E-state index contributed by atoms with van der Waals surface area (Å²) in [5, 5.41) is 12.1. The van der Waals surface area contributed by atoms with Crippen LogP contribution in [-0.4, -0.2) is 23.0 Å². The number of hydrogen-bond donors (Lipinski definition) is 2. The molecule has 0 aliphatic rings. The summed E-state index contributed by atoms with van der Waals surface area (Å²) in [5.74, 6) is 1.51. The smallest absolute Gasteiger partial charge is 0.266 e. The fourth-order valence-electron chi connectivity index (χ4n) is 3.10. The number of aromatic amines is 1. The molecule has 7 nitrogen and oxygen atoms in total. The summed E-state index contributed by atoms with van der Waals surface area (Å²) in [5.41, 5.74) is 3.10. The van der Waals surface area contributed by atoms with E-state index in [2.05, 4.69) is 15.3 Å². The van der Waals surface area contributed by atoms with Gasteiger partial charge in [0, 0.05) is 11.8 Å². The van der Waals surface area contributed by atoms with Crippen LogP contribution >= 0.6 is 0 Å². The molecule has 2 N–H and O–H groups in total. The van der Waals surface area contributed by atoms with Crippen LogP contribution in [0, 0.1) is 11.3 Å². The van der Waals surface area contributed by atoms with Crippen molar-refractivity contribution in [3.63, 3.8) is 0 Å². The highest BCUT2D eigenvalue weighted by atomic mass is 16.5. The van der Waals surface area contributed by atoms with E-state index in [9.17, 15) is 10.1 Å². The highest BCUT2D eigenvalue weighted by molar-refractivity contribution is 6.09. The number of nitrogens with one attached hydrogen (secondary N) is 2. The Kier molecular flexibility index (Phi) is 6.14. The van der Waals surface area contributed by atoms with E-state index in [1.54, 1.807) is 55.6 Å². The zero-order chi connectivity index (χ0) is 22.3. The lowest BCUT2D eigenvalue weighted by Gasteiger charge is -2.07. The van der Waals surface area contributed by atoms with E-state index in [4.69, 9.17) is 9.47 Å². The minimum absolute atomic E-state index is 0.0104. The number of benzene rings is 3. The first kappa shape index (κ1) is 20.7. The molecule has 3 aromatic carbocycles. The number of hydrogen-bond acceptors (Lipinski definition) is 5. The SMILES string of the molecule is COc1cccc(NC(=O)/C(C#N)=C/c2ccc(OCc3nc4ccccc4[nH]3)cc2)c1. The summed E-state index contributed by atoms with van der Waals surface area (Å²) >= 11 is 0. The van der Waals surface area contributed by atoms with E-state index in [-0.39, 0.29) is 5.57 Å². The minimum atomic E-state index is -0.494. The van der Waals surface area contributed by atoms with Gasteiger partial charge in [-0.15, -0.1) is 0 Å². The molecule has 0 fully saturated rings. The lowest BCUT2D eigenvalue weighted by atomic mass is 10.1. The summed E-state index contributed by atoms with van der Waals surface area (Å²) in [7, 11) is 1.55. The van der Waals surface area contributed by atoms with Crippen molar-refractivity contribution >= 4 is 28.7 Å². The maximum absolute atomic E-state index is 12.5. The van der Waals surface area contributed by atoms with Crippen molar-refractivity contribution in [1.82, 2.24) is 9.97 Å². The number of carbonyl (C=O) groups excluding carboxylic acids is 1. The van der Waals surface area contributed by atoms with Crippen LogP contribution in [0.1, 0.15) is 11.4 Å². The monoisotopic (exact) mass is 424 g/mol. The van der Waals surface area contributed by atoms with Crippen molar-refractivity contribution in [2.45, 2.75) is 6.61 Å². The normalized spacial score (nSPS) is 11.1. The van der Waals surface area contributed by atoms with Gasteiger partial charge >= 0.3 is 0 Å². The number of para-hydroxylation sites is 2. The lowest BCUT2D eigenvalue weighted by Crippen LogP contribution is -2.13. The topological polar surface area (TPSA) is 100 Å². The number of ether oxygens (including phenoxy) is 2. The Labute approximate surface area is 184 Å². The van der Waals surface area contributed by atoms with Gasteiger partial charge in [0.1, 0.15) is 35.6 Å². The quantitative estimate of drug-likeness (QED) is 0.331. The summed E-state index contributed by atoms with van der Waals surface area (Å²) in [4.78, 5) is 20.2. The Bertz CT molecular complexity index is 1280. The molecule has 0 aliphatic heterocycles. The third-order valence-electron chi connectivity index (χ3n) is 4.70. The molecule has 7 heteroatoms. The van der Waals surface area contributed by atoms with Gasteiger partial charge in [0.25, 0.3) is 5.91 Å². The Hall–Kier alpha value is -4.57. The van der Waals surface area contributed by atoms with Crippen LogP contribution in [0.4, 0.5) is 5.69 Å². The molecule has 1 amide bonds. The van der Waals surface area contributed by atoms with E-state index < -0.39 is 5.91 Å². The predicted molar refractivity (Wildman–Crippen MR) is 122 cm³/mol. The molecule has 1 heterocycles. The highest BCUT2D eigenvalue weighted by Crippen LogP contribution is 2.19. The van der Waals surface area contributed by atoms with Gasteiger partial charge in [-0.25, -0.2) is 4.98 Å². The molecular weight excluding hydrogens is 404 g/mol. The Morgan fingerprint density at radius 2 is 1.91 bits per heavy atom. The first-order chi connectivity index (χ1) is 15.6. The van der Waals surface area contributed by atoms with Gasteiger partial charge in [0.15, 0.2) is 0 Å². The maximum Gasteiger partial charge on any atom is 0.266 e. The number of fused-ring (bicyclic) bond motifs is 1. The molecule has 32 heavy (non-hydrogen) atoms. The zero-order valence-corrected chi connectivity index (χ0v) is 17.3. The van der Waals surface area contributed by atoms with E-state index in [1.165, 1.54) is 6.08 Å². The molecule has 158 valence electrons. The van der Waals surface area contributed by atoms with Crippen molar-refractivity contribution in [1.29, 1.82) is 5.26 Å². The third-order valence-corrected chi connectivity index (χ3v) is 4.70. The second-order valence-corrected chi connectivity index (χ2v) is 6.91. The van der Waals surface area contributed by atoms with Crippen LogP contribution in [0.5, 0.6) is 11.5 Å². The number of H-pyrrole nitrogens is 1. The number of anilines is 1. The summed E-state index contributed by atoms with van der Waals surface area (Å²) in [6, 6.07) is 23.8. The van der Waals surface area contributed by atoms with Gasteiger partial charge in [-0.2, -0.15) is 5.26 Å². The predicted octanol–water partition coefficient (Wildman–Crippen LogP) is 4.70. The fourth-order valence-corrected chi connectivity index (χ4v) is 3.10. The van der Waals surface area contributed by atoms with Gasteiger partial charge in [0.2, 0.25) is 0 Å². The second-order valence-electron chi connectivity index (χ2n) is 6.91. The van der Waals surface area contributed by atoms with Gasteiger partial charge in [0.05, 0.1) is 18.1 Å². The minimum Gasteiger partial charge on any atom is -0.497 e. The first-order valence-electron chi connectivity index (χ1n) is 9.88. The average molecular weight is 424 g/mol. The third kappa shape index (κ3) is 4.94. The molecule has 0 aliphatic carbocycles. The highest BCUT2D eigenvalue weighted by Gasteiger charge is 2.10. The van der Waals surface area contributed by atoms with Crippen molar-refractivity contribution in [2.75, 3.05) is 12.4 Å². The lowest BCUT2D eigenvalue weighted by molar-refractivity contribution is -0.112. The molecule has 0 radical (unpaired) electrons. The van der Waals surface area contributed by atoms with Crippen LogP contribution < -0.4 is 14.8 Å². The van der Waals surface area contributed by atoms with Crippen LogP contribution in [0.2, 0.25) is 0 Å². The Morgan fingerprint density at radius 1 is 1.09 bits per heavy atom. The molecular formula is C25H20N4O3. The van der Waals surface area contributed by atoms with E-state index >= 15 is 0 Å². The van der Waals surface area contributed by atoms with Crippen LogP contribution in [0.15, 0.2) is 78.4 Å². The summed E-state index contributed by atoms with van der Waals surface area (Å²) in [6.45, 7) is 0.302. The van der Waals surface area contributed by atoms with Crippen LogP contribution in [0.3, 0.4) is 0 Å². The number of carbonyl (C=O) groups is 1. The second kappa shape index (κ2) is 9.49. The maximum atomic E-state index is 12.5. The number of methoxy groups -OCH3 is 1. The zero-order valence-electron chi connectivity index (χ0n) is 17.3. The fraction of sp³-hybridized carbons (Fsp3) is 0.0800. The number of rotatable bonds is 7. The van der Waals surface area contributed by atoms with E-state index in [1.807, 2.05) is 30.3 Å². The van der Waals surface area contributed by atoms with Gasteiger partial charge < -0.3 is 19.8 Å². The molecule has 0 bridgehead atoms. The largest absolute Gasteiger partial charge is 0.497 e. The molecule has 0 spiro atoms. The van der Waals surface area contributed by atoms with Crippen LogP contribution in [-0.2, 0) is 11.4 Å². The molecule has 4 rings (SSSR count). The van der Waals surface area contributed by atoms with Gasteiger partial charge in [-0.3, -0.25) is 4.79 Å². The summed E-state index contributed by atoms with van der Waals surface area (Å²) in [6.07, 6.45) is 1.53. The molecule has 1 aromatic heterocycles. The van der Waals surface area contributed by atoms with E-state index in [0.717, 1.165) is 16.9 Å². The van der Waals surface area contributed by atoms with Gasteiger partial charge in [-0.05, 0) is 48.0 Å².